The van der Waals surface area contributed by atoms with Crippen LogP contribution < -0.4 is 5.32 Å². The number of carbonyl (C=O) groups is 1. The van der Waals surface area contributed by atoms with Crippen molar-refractivity contribution in [1.29, 1.82) is 0 Å². The summed E-state index contributed by atoms with van der Waals surface area (Å²) in [5, 5.41) is 6.28. The quantitative estimate of drug-likeness (QED) is 0.816. The summed E-state index contributed by atoms with van der Waals surface area (Å²) in [6.45, 7) is 5.58. The molecule has 0 aromatic carbocycles. The van der Waals surface area contributed by atoms with E-state index in [0.717, 1.165) is 29.2 Å². The Hall–Kier alpha value is -1.10. The highest BCUT2D eigenvalue weighted by atomic mass is 32.1. The van der Waals surface area contributed by atoms with E-state index in [-0.39, 0.29) is 12.4 Å². The standard InChI is InChI=1S/C15H24N2O2S/c1-3-19-14(18)8-13-10-20-15(17-13)16-9-12-7-5-4-6-11(12)2/h10-12H,3-9H2,1-2H3,(H,16,17). The second-order valence-electron chi connectivity index (χ2n) is 5.53. The summed E-state index contributed by atoms with van der Waals surface area (Å²) in [5.74, 6) is 1.35. The summed E-state index contributed by atoms with van der Waals surface area (Å²) in [6.07, 6.45) is 5.65. The molecule has 1 aromatic rings. The molecule has 2 atom stereocenters. The molecule has 0 amide bonds. The molecule has 4 nitrogen and oxygen atoms in total. The predicted molar refractivity (Wildman–Crippen MR) is 82.1 cm³/mol. The van der Waals surface area contributed by atoms with Crippen LogP contribution in [0.3, 0.4) is 0 Å². The third-order valence-corrected chi connectivity index (χ3v) is 4.84. The van der Waals surface area contributed by atoms with E-state index in [9.17, 15) is 4.79 Å². The van der Waals surface area contributed by atoms with Gasteiger partial charge in [0, 0.05) is 11.9 Å². The van der Waals surface area contributed by atoms with Crippen LogP contribution in [0.15, 0.2) is 5.38 Å². The van der Waals surface area contributed by atoms with Crippen LogP contribution in [0.5, 0.6) is 0 Å². The molecule has 0 bridgehead atoms. The first kappa shape index (κ1) is 15.3. The molecule has 0 saturated heterocycles. The number of rotatable bonds is 6. The van der Waals surface area contributed by atoms with Gasteiger partial charge in [0.05, 0.1) is 18.7 Å². The van der Waals surface area contributed by atoms with Gasteiger partial charge < -0.3 is 10.1 Å². The van der Waals surface area contributed by atoms with E-state index in [1.807, 2.05) is 12.3 Å². The Morgan fingerprint density at radius 1 is 1.50 bits per heavy atom. The number of thiazole rings is 1. The fourth-order valence-electron chi connectivity index (χ4n) is 2.74. The van der Waals surface area contributed by atoms with E-state index in [1.54, 1.807) is 11.3 Å². The third kappa shape index (κ3) is 4.47. The first-order valence-electron chi connectivity index (χ1n) is 7.53. The molecule has 5 heteroatoms. The van der Waals surface area contributed by atoms with Crippen molar-refractivity contribution in [1.82, 2.24) is 4.98 Å². The van der Waals surface area contributed by atoms with Gasteiger partial charge in [-0.1, -0.05) is 26.2 Å². The van der Waals surface area contributed by atoms with Crippen molar-refractivity contribution < 1.29 is 9.53 Å². The topological polar surface area (TPSA) is 51.2 Å². The molecule has 1 fully saturated rings. The molecule has 1 saturated carbocycles. The lowest BCUT2D eigenvalue weighted by molar-refractivity contribution is -0.142. The molecule has 1 N–H and O–H groups in total. The van der Waals surface area contributed by atoms with E-state index < -0.39 is 0 Å². The van der Waals surface area contributed by atoms with Crippen LogP contribution in [0, 0.1) is 11.8 Å². The van der Waals surface area contributed by atoms with Gasteiger partial charge in [0.2, 0.25) is 0 Å². The van der Waals surface area contributed by atoms with Crippen molar-refractivity contribution in [3.8, 4) is 0 Å². The van der Waals surface area contributed by atoms with Gasteiger partial charge in [-0.25, -0.2) is 4.98 Å². The molecule has 0 radical (unpaired) electrons. The average molecular weight is 296 g/mol. The number of aromatic nitrogens is 1. The number of nitrogens with zero attached hydrogens (tertiary/aromatic N) is 1. The molecule has 2 rings (SSSR count). The number of carbonyl (C=O) groups excluding carboxylic acids is 1. The maximum atomic E-state index is 11.4. The first-order valence-corrected chi connectivity index (χ1v) is 8.41. The third-order valence-electron chi connectivity index (χ3n) is 3.99. The Morgan fingerprint density at radius 2 is 2.30 bits per heavy atom. The second-order valence-corrected chi connectivity index (χ2v) is 6.39. The van der Waals surface area contributed by atoms with Crippen molar-refractivity contribution in [2.45, 2.75) is 46.0 Å². The monoisotopic (exact) mass is 296 g/mol. The lowest BCUT2D eigenvalue weighted by Crippen LogP contribution is -2.24. The van der Waals surface area contributed by atoms with Crippen molar-refractivity contribution in [2.24, 2.45) is 11.8 Å². The smallest absolute Gasteiger partial charge is 0.311 e. The van der Waals surface area contributed by atoms with Crippen molar-refractivity contribution in [3.05, 3.63) is 11.1 Å². The average Bonchev–Trinajstić information content (AvgIpc) is 2.85. The van der Waals surface area contributed by atoms with Crippen molar-refractivity contribution in [2.75, 3.05) is 18.5 Å². The molecule has 1 aromatic heterocycles. The Labute approximate surface area is 124 Å². The maximum Gasteiger partial charge on any atom is 0.311 e. The summed E-state index contributed by atoms with van der Waals surface area (Å²) in [6, 6.07) is 0. The minimum atomic E-state index is -0.203. The van der Waals surface area contributed by atoms with E-state index in [2.05, 4.69) is 17.2 Å². The van der Waals surface area contributed by atoms with Gasteiger partial charge >= 0.3 is 5.97 Å². The zero-order valence-electron chi connectivity index (χ0n) is 12.4. The van der Waals surface area contributed by atoms with Crippen molar-refractivity contribution >= 4 is 22.4 Å². The highest BCUT2D eigenvalue weighted by Crippen LogP contribution is 2.30. The summed E-state index contributed by atoms with van der Waals surface area (Å²) in [5.41, 5.74) is 0.799. The number of ether oxygens (including phenoxy) is 1. The van der Waals surface area contributed by atoms with Crippen LogP contribution in [0.2, 0.25) is 0 Å². The lowest BCUT2D eigenvalue weighted by atomic mass is 9.80. The lowest BCUT2D eigenvalue weighted by Gasteiger charge is -2.28. The Kier molecular flexibility index (Phi) is 5.83. The predicted octanol–water partition coefficient (Wildman–Crippen LogP) is 3.49. The van der Waals surface area contributed by atoms with Gasteiger partial charge in [0.1, 0.15) is 0 Å². The van der Waals surface area contributed by atoms with Gasteiger partial charge in [0.15, 0.2) is 5.13 Å². The largest absolute Gasteiger partial charge is 0.466 e. The Balaban J connectivity index is 1.79. The summed E-state index contributed by atoms with van der Waals surface area (Å²) >= 11 is 1.57. The molecular formula is C15H24N2O2S. The number of hydrogen-bond donors (Lipinski definition) is 1. The van der Waals surface area contributed by atoms with E-state index in [1.165, 1.54) is 25.7 Å². The Morgan fingerprint density at radius 3 is 3.05 bits per heavy atom. The van der Waals surface area contributed by atoms with Crippen LogP contribution in [-0.2, 0) is 16.0 Å². The normalized spacial score (nSPS) is 22.5. The number of nitrogens with one attached hydrogen (secondary N) is 1. The second kappa shape index (κ2) is 7.62. The highest BCUT2D eigenvalue weighted by molar-refractivity contribution is 7.13. The number of anilines is 1. The van der Waals surface area contributed by atoms with Crippen LogP contribution in [0.1, 0.15) is 45.2 Å². The van der Waals surface area contributed by atoms with Gasteiger partial charge in [-0.3, -0.25) is 4.79 Å². The molecule has 20 heavy (non-hydrogen) atoms. The maximum absolute atomic E-state index is 11.4. The van der Waals surface area contributed by atoms with E-state index >= 15 is 0 Å². The van der Waals surface area contributed by atoms with E-state index in [4.69, 9.17) is 4.74 Å². The SMILES string of the molecule is CCOC(=O)Cc1csc(NCC2CCCCC2C)n1. The minimum Gasteiger partial charge on any atom is -0.466 e. The molecule has 112 valence electrons. The summed E-state index contributed by atoms with van der Waals surface area (Å²) < 4.78 is 4.93. The van der Waals surface area contributed by atoms with E-state index in [0.29, 0.717) is 6.61 Å². The molecular weight excluding hydrogens is 272 g/mol. The van der Waals surface area contributed by atoms with Gasteiger partial charge in [0.25, 0.3) is 0 Å². The van der Waals surface area contributed by atoms with Gasteiger partial charge in [-0.2, -0.15) is 0 Å². The summed E-state index contributed by atoms with van der Waals surface area (Å²) in [4.78, 5) is 15.8. The fourth-order valence-corrected chi connectivity index (χ4v) is 3.46. The molecule has 1 heterocycles. The zero-order chi connectivity index (χ0) is 14.4. The Bertz CT molecular complexity index is 433. The number of hydrogen-bond acceptors (Lipinski definition) is 5. The minimum absolute atomic E-state index is 0.203. The van der Waals surface area contributed by atoms with Crippen LogP contribution in [-0.4, -0.2) is 24.1 Å². The molecule has 0 aliphatic heterocycles. The number of esters is 1. The van der Waals surface area contributed by atoms with Gasteiger partial charge in [-0.15, -0.1) is 11.3 Å². The van der Waals surface area contributed by atoms with Crippen LogP contribution in [0.25, 0.3) is 0 Å². The highest BCUT2D eigenvalue weighted by Gasteiger charge is 2.21. The van der Waals surface area contributed by atoms with Crippen molar-refractivity contribution in [3.63, 3.8) is 0 Å². The van der Waals surface area contributed by atoms with Gasteiger partial charge in [-0.05, 0) is 25.2 Å². The molecule has 1 aliphatic rings. The fraction of sp³-hybridized carbons (Fsp3) is 0.733. The summed E-state index contributed by atoms with van der Waals surface area (Å²) in [7, 11) is 0. The first-order chi connectivity index (χ1) is 9.69. The molecule has 2 unspecified atom stereocenters. The zero-order valence-corrected chi connectivity index (χ0v) is 13.2. The van der Waals surface area contributed by atoms with Crippen LogP contribution >= 0.6 is 11.3 Å². The molecule has 1 aliphatic carbocycles. The molecule has 0 spiro atoms. The van der Waals surface area contributed by atoms with Crippen LogP contribution in [0.4, 0.5) is 5.13 Å².